The summed E-state index contributed by atoms with van der Waals surface area (Å²) in [6, 6.07) is 19.5. The van der Waals surface area contributed by atoms with Crippen LogP contribution in [0.2, 0.25) is 0 Å². The Kier molecular flexibility index (Phi) is 5.42. The number of hydrogen-bond donors (Lipinski definition) is 1. The maximum Gasteiger partial charge on any atom is 0.323 e. The van der Waals surface area contributed by atoms with Gasteiger partial charge in [0.1, 0.15) is 6.04 Å². The molecule has 0 amide bonds. The van der Waals surface area contributed by atoms with Gasteiger partial charge in [-0.05, 0) is 71.5 Å². The van der Waals surface area contributed by atoms with Crippen LogP contribution in [0.25, 0.3) is 32.3 Å². The topological polar surface area (TPSA) is 38.3 Å². The SMILES string of the molecule is CCC(C)NC(Cc1ccc2ccc3cccc4ccc1c2c34)C(=O)OC(C)C. The van der Waals surface area contributed by atoms with Gasteiger partial charge in [0.25, 0.3) is 0 Å². The quantitative estimate of drug-likeness (QED) is 0.320. The molecule has 0 aliphatic heterocycles. The van der Waals surface area contributed by atoms with Gasteiger partial charge in [0.15, 0.2) is 0 Å². The van der Waals surface area contributed by atoms with E-state index in [1.165, 1.54) is 37.9 Å². The third-order valence-corrected chi connectivity index (χ3v) is 5.78. The summed E-state index contributed by atoms with van der Waals surface area (Å²) in [5, 5.41) is 11.0. The van der Waals surface area contributed by atoms with Crippen LogP contribution in [0.15, 0.2) is 54.6 Å². The van der Waals surface area contributed by atoms with E-state index in [1.54, 1.807) is 0 Å². The molecule has 0 aromatic heterocycles. The van der Waals surface area contributed by atoms with Gasteiger partial charge in [-0.15, -0.1) is 0 Å². The molecule has 2 atom stereocenters. The van der Waals surface area contributed by atoms with Crippen LogP contribution < -0.4 is 5.32 Å². The van der Waals surface area contributed by atoms with Crippen LogP contribution in [-0.4, -0.2) is 24.2 Å². The molecule has 0 radical (unpaired) electrons. The highest BCUT2D eigenvalue weighted by molar-refractivity contribution is 6.23. The molecule has 0 aliphatic carbocycles. The predicted molar refractivity (Wildman–Crippen MR) is 122 cm³/mol. The molecule has 4 rings (SSSR count). The molecule has 2 unspecified atom stereocenters. The van der Waals surface area contributed by atoms with Crippen LogP contribution in [0, 0.1) is 0 Å². The van der Waals surface area contributed by atoms with E-state index >= 15 is 0 Å². The lowest BCUT2D eigenvalue weighted by Gasteiger charge is -2.23. The highest BCUT2D eigenvalue weighted by Crippen LogP contribution is 2.36. The van der Waals surface area contributed by atoms with Crippen molar-refractivity contribution in [1.82, 2.24) is 5.32 Å². The monoisotopic (exact) mass is 387 g/mol. The molecule has 0 saturated carbocycles. The molecule has 29 heavy (non-hydrogen) atoms. The number of nitrogens with one attached hydrogen (secondary N) is 1. The van der Waals surface area contributed by atoms with E-state index in [1.807, 2.05) is 13.8 Å². The fourth-order valence-corrected chi connectivity index (χ4v) is 4.18. The third kappa shape index (κ3) is 3.79. The van der Waals surface area contributed by atoms with Gasteiger partial charge in [0.2, 0.25) is 0 Å². The van der Waals surface area contributed by atoms with Gasteiger partial charge >= 0.3 is 5.97 Å². The Labute approximate surface area is 172 Å². The van der Waals surface area contributed by atoms with E-state index in [-0.39, 0.29) is 24.2 Å². The van der Waals surface area contributed by atoms with Crippen LogP contribution in [0.5, 0.6) is 0 Å². The molecule has 1 N–H and O–H groups in total. The lowest BCUT2D eigenvalue weighted by Crippen LogP contribution is -2.45. The van der Waals surface area contributed by atoms with Crippen LogP contribution in [0.4, 0.5) is 0 Å². The largest absolute Gasteiger partial charge is 0.462 e. The third-order valence-electron chi connectivity index (χ3n) is 5.78. The molecule has 150 valence electrons. The van der Waals surface area contributed by atoms with Gasteiger partial charge in [-0.1, -0.05) is 61.5 Å². The van der Waals surface area contributed by atoms with E-state index in [9.17, 15) is 4.79 Å². The molecule has 3 nitrogen and oxygen atoms in total. The van der Waals surface area contributed by atoms with Crippen molar-refractivity contribution in [3.8, 4) is 0 Å². The molecule has 0 saturated heterocycles. The van der Waals surface area contributed by atoms with E-state index in [0.717, 1.165) is 6.42 Å². The summed E-state index contributed by atoms with van der Waals surface area (Å²) in [5.41, 5.74) is 1.18. The Balaban J connectivity index is 1.80. The van der Waals surface area contributed by atoms with E-state index in [4.69, 9.17) is 4.74 Å². The number of ether oxygens (including phenoxy) is 1. The number of benzene rings is 4. The van der Waals surface area contributed by atoms with Gasteiger partial charge < -0.3 is 10.1 Å². The second-order valence-electron chi connectivity index (χ2n) is 8.30. The standard InChI is InChI=1S/C26H29NO2/c1-5-17(4)27-23(26(28)29-16(2)3)15-21-12-11-20-10-9-18-7-6-8-19-13-14-22(21)25(20)24(18)19/h6-14,16-17,23,27H,5,15H2,1-4H3. The first-order valence-electron chi connectivity index (χ1n) is 10.6. The van der Waals surface area contributed by atoms with Crippen molar-refractivity contribution < 1.29 is 9.53 Å². The lowest BCUT2D eigenvalue weighted by atomic mass is 9.90. The number of carbonyl (C=O) groups is 1. The van der Waals surface area contributed by atoms with E-state index < -0.39 is 0 Å². The highest BCUT2D eigenvalue weighted by Gasteiger charge is 2.24. The summed E-state index contributed by atoms with van der Waals surface area (Å²) in [6.07, 6.45) is 1.46. The summed E-state index contributed by atoms with van der Waals surface area (Å²) >= 11 is 0. The zero-order valence-corrected chi connectivity index (χ0v) is 17.7. The Hall–Kier alpha value is -2.65. The normalized spacial score (nSPS) is 14.1. The predicted octanol–water partition coefficient (Wildman–Crippen LogP) is 5.83. The smallest absolute Gasteiger partial charge is 0.323 e. The maximum atomic E-state index is 12.8. The molecule has 0 aliphatic rings. The number of esters is 1. The zero-order chi connectivity index (χ0) is 20.5. The molecule has 0 bridgehead atoms. The van der Waals surface area contributed by atoms with Crippen molar-refractivity contribution in [2.75, 3.05) is 0 Å². The number of hydrogen-bond acceptors (Lipinski definition) is 3. The van der Waals surface area contributed by atoms with Crippen LogP contribution in [-0.2, 0) is 16.0 Å². The van der Waals surface area contributed by atoms with Gasteiger partial charge in [-0.2, -0.15) is 0 Å². The Morgan fingerprint density at radius 3 is 2.17 bits per heavy atom. The molecule has 3 heteroatoms. The Bertz CT molecular complexity index is 1130. The van der Waals surface area contributed by atoms with Crippen molar-refractivity contribution in [2.45, 2.75) is 58.7 Å². The van der Waals surface area contributed by atoms with Crippen LogP contribution >= 0.6 is 0 Å². The van der Waals surface area contributed by atoms with Crippen molar-refractivity contribution in [3.05, 3.63) is 60.2 Å². The second-order valence-corrected chi connectivity index (χ2v) is 8.30. The molecule has 0 spiro atoms. The first-order valence-corrected chi connectivity index (χ1v) is 10.6. The second kappa shape index (κ2) is 8.00. The average molecular weight is 388 g/mol. The van der Waals surface area contributed by atoms with Gasteiger partial charge in [-0.3, -0.25) is 4.79 Å². The first-order chi connectivity index (χ1) is 14.0. The fraction of sp³-hybridized carbons (Fsp3) is 0.346. The minimum absolute atomic E-state index is 0.120. The minimum atomic E-state index is -0.356. The molecular weight excluding hydrogens is 358 g/mol. The van der Waals surface area contributed by atoms with Crippen molar-refractivity contribution >= 4 is 38.3 Å². The van der Waals surface area contributed by atoms with Crippen molar-refractivity contribution in [2.24, 2.45) is 0 Å². The van der Waals surface area contributed by atoms with Crippen molar-refractivity contribution in [1.29, 1.82) is 0 Å². The Morgan fingerprint density at radius 1 is 0.897 bits per heavy atom. The summed E-state index contributed by atoms with van der Waals surface area (Å²) in [7, 11) is 0. The molecule has 0 fully saturated rings. The number of carbonyl (C=O) groups excluding carboxylic acids is 1. The maximum absolute atomic E-state index is 12.8. The van der Waals surface area contributed by atoms with Gasteiger partial charge in [-0.25, -0.2) is 0 Å². The Morgan fingerprint density at radius 2 is 1.52 bits per heavy atom. The summed E-state index contributed by atoms with van der Waals surface area (Å²) < 4.78 is 5.55. The molecular formula is C26H29NO2. The number of rotatable bonds is 7. The minimum Gasteiger partial charge on any atom is -0.462 e. The van der Waals surface area contributed by atoms with Gasteiger partial charge in [0, 0.05) is 6.04 Å². The van der Waals surface area contributed by atoms with Crippen LogP contribution in [0.3, 0.4) is 0 Å². The first kappa shape index (κ1) is 19.7. The fourth-order valence-electron chi connectivity index (χ4n) is 4.18. The molecule has 4 aromatic rings. The van der Waals surface area contributed by atoms with Crippen molar-refractivity contribution in [3.63, 3.8) is 0 Å². The van der Waals surface area contributed by atoms with Gasteiger partial charge in [0.05, 0.1) is 6.10 Å². The summed E-state index contributed by atoms with van der Waals surface area (Å²) in [6.45, 7) is 8.03. The summed E-state index contributed by atoms with van der Waals surface area (Å²) in [5.74, 6) is -0.175. The molecule has 0 heterocycles. The summed E-state index contributed by atoms with van der Waals surface area (Å²) in [4.78, 5) is 12.8. The van der Waals surface area contributed by atoms with Crippen LogP contribution in [0.1, 0.15) is 39.7 Å². The zero-order valence-electron chi connectivity index (χ0n) is 17.7. The molecule has 4 aromatic carbocycles. The average Bonchev–Trinajstić information content (AvgIpc) is 2.71. The lowest BCUT2D eigenvalue weighted by molar-refractivity contribution is -0.150. The highest BCUT2D eigenvalue weighted by atomic mass is 16.5. The van der Waals surface area contributed by atoms with E-state index in [0.29, 0.717) is 6.42 Å². The van der Waals surface area contributed by atoms with E-state index in [2.05, 4.69) is 73.8 Å².